The minimum atomic E-state index is 0.368. The first-order chi connectivity index (χ1) is 7.86. The van der Waals surface area contributed by atoms with Gasteiger partial charge in [-0.1, -0.05) is 48.6 Å². The van der Waals surface area contributed by atoms with E-state index >= 15 is 0 Å². The molecule has 2 rings (SSSR count). The zero-order valence-corrected chi connectivity index (χ0v) is 9.47. The Hall–Kier alpha value is -1.60. The molecule has 0 fully saturated rings. The molecule has 1 atom stereocenters. The summed E-state index contributed by atoms with van der Waals surface area (Å²) in [6.07, 6.45) is 8.33. The molecule has 0 heterocycles. The third-order valence-electron chi connectivity index (χ3n) is 2.89. The van der Waals surface area contributed by atoms with Crippen LogP contribution in [0.1, 0.15) is 17.2 Å². The van der Waals surface area contributed by atoms with E-state index < -0.39 is 0 Å². The number of benzene rings is 1. The summed E-state index contributed by atoms with van der Waals surface area (Å²) in [4.78, 5) is 2.35. The van der Waals surface area contributed by atoms with Gasteiger partial charge in [0.15, 0.2) is 0 Å². The van der Waals surface area contributed by atoms with Crippen molar-refractivity contribution in [2.24, 2.45) is 0 Å². The molecule has 82 valence electrons. The number of hydrogen-bond donors (Lipinski definition) is 0. The highest BCUT2D eigenvalue weighted by molar-refractivity contribution is 5.61. The van der Waals surface area contributed by atoms with Gasteiger partial charge in [-0.25, -0.2) is 0 Å². The average Bonchev–Trinajstić information content (AvgIpc) is 2.72. The Morgan fingerprint density at radius 3 is 2.50 bits per heavy atom. The molecule has 1 nitrogen and oxygen atoms in total. The summed E-state index contributed by atoms with van der Waals surface area (Å²) >= 11 is 0. The van der Waals surface area contributed by atoms with E-state index in [1.165, 1.54) is 11.1 Å². The summed E-state index contributed by atoms with van der Waals surface area (Å²) < 4.78 is 0. The predicted octanol–water partition coefficient (Wildman–Crippen LogP) is 3.43. The van der Waals surface area contributed by atoms with Crippen molar-refractivity contribution < 1.29 is 0 Å². The fraction of sp³-hybridized carbons (Fsp3) is 0.200. The minimum Gasteiger partial charge on any atom is -0.286 e. The third-order valence-corrected chi connectivity index (χ3v) is 2.89. The zero-order chi connectivity index (χ0) is 11.4. The number of rotatable bonds is 5. The van der Waals surface area contributed by atoms with Gasteiger partial charge < -0.3 is 0 Å². The van der Waals surface area contributed by atoms with Gasteiger partial charge in [0, 0.05) is 13.1 Å². The fourth-order valence-electron chi connectivity index (χ4n) is 2.18. The molecular formula is C15H17N. The lowest BCUT2D eigenvalue weighted by Crippen LogP contribution is -2.27. The molecule has 0 N–H and O–H groups in total. The van der Waals surface area contributed by atoms with Crippen LogP contribution in [-0.2, 0) is 0 Å². The van der Waals surface area contributed by atoms with E-state index in [0.29, 0.717) is 6.04 Å². The van der Waals surface area contributed by atoms with E-state index in [1.54, 1.807) is 0 Å². The second kappa shape index (κ2) is 4.95. The van der Waals surface area contributed by atoms with Gasteiger partial charge in [0.1, 0.15) is 0 Å². The van der Waals surface area contributed by atoms with Gasteiger partial charge in [-0.15, -0.1) is 13.2 Å². The lowest BCUT2D eigenvalue weighted by molar-refractivity contribution is 0.288. The van der Waals surface area contributed by atoms with E-state index in [-0.39, 0.29) is 0 Å². The average molecular weight is 211 g/mol. The summed E-state index contributed by atoms with van der Waals surface area (Å²) in [6, 6.07) is 8.90. The van der Waals surface area contributed by atoms with Crippen molar-refractivity contribution in [3.05, 3.63) is 66.8 Å². The Bertz CT molecular complexity index is 407. The van der Waals surface area contributed by atoms with Crippen LogP contribution in [0.2, 0.25) is 0 Å². The van der Waals surface area contributed by atoms with Crippen LogP contribution < -0.4 is 0 Å². The molecule has 0 radical (unpaired) electrons. The van der Waals surface area contributed by atoms with Crippen LogP contribution >= 0.6 is 0 Å². The highest BCUT2D eigenvalue weighted by Gasteiger charge is 2.21. The molecule has 16 heavy (non-hydrogen) atoms. The topological polar surface area (TPSA) is 3.24 Å². The van der Waals surface area contributed by atoms with Crippen molar-refractivity contribution in [1.82, 2.24) is 4.90 Å². The Morgan fingerprint density at radius 1 is 1.12 bits per heavy atom. The van der Waals surface area contributed by atoms with Crippen LogP contribution in [0.3, 0.4) is 0 Å². The first kappa shape index (κ1) is 10.9. The van der Waals surface area contributed by atoms with Gasteiger partial charge in [0.05, 0.1) is 6.04 Å². The van der Waals surface area contributed by atoms with Crippen molar-refractivity contribution in [2.75, 3.05) is 13.1 Å². The number of nitrogens with zero attached hydrogens (tertiary/aromatic N) is 1. The van der Waals surface area contributed by atoms with Crippen LogP contribution in [0.4, 0.5) is 0 Å². The normalized spacial score (nSPS) is 17.4. The smallest absolute Gasteiger partial charge is 0.0546 e. The summed E-state index contributed by atoms with van der Waals surface area (Å²) in [5.74, 6) is 0. The molecule has 0 spiro atoms. The van der Waals surface area contributed by atoms with Gasteiger partial charge in [-0.05, 0) is 11.1 Å². The number of fused-ring (bicyclic) bond motifs is 1. The van der Waals surface area contributed by atoms with Crippen LogP contribution in [0, 0.1) is 0 Å². The molecule has 0 unspecified atom stereocenters. The standard InChI is InChI=1S/C15H17N/c1-3-11-16(12-4-2)15-10-9-13-7-5-6-8-14(13)15/h3-10,15H,1-2,11-12H2/t15-/m1/s1. The highest BCUT2D eigenvalue weighted by Crippen LogP contribution is 2.32. The maximum absolute atomic E-state index is 3.81. The van der Waals surface area contributed by atoms with E-state index in [1.807, 2.05) is 12.2 Å². The van der Waals surface area contributed by atoms with Crippen LogP contribution in [0.5, 0.6) is 0 Å². The maximum Gasteiger partial charge on any atom is 0.0546 e. The van der Waals surface area contributed by atoms with Gasteiger partial charge >= 0.3 is 0 Å². The molecule has 0 saturated carbocycles. The van der Waals surface area contributed by atoms with Crippen molar-refractivity contribution in [3.8, 4) is 0 Å². The van der Waals surface area contributed by atoms with Crippen LogP contribution in [-0.4, -0.2) is 18.0 Å². The largest absolute Gasteiger partial charge is 0.286 e. The molecule has 0 amide bonds. The summed E-state index contributed by atoms with van der Waals surface area (Å²) in [6.45, 7) is 9.39. The monoisotopic (exact) mass is 211 g/mol. The van der Waals surface area contributed by atoms with Crippen molar-refractivity contribution in [1.29, 1.82) is 0 Å². The molecule has 1 aliphatic carbocycles. The summed E-state index contributed by atoms with van der Waals surface area (Å²) in [5, 5.41) is 0. The van der Waals surface area contributed by atoms with Gasteiger partial charge in [0.25, 0.3) is 0 Å². The summed E-state index contributed by atoms with van der Waals surface area (Å²) in [5.41, 5.74) is 2.71. The lowest BCUT2D eigenvalue weighted by atomic mass is 10.1. The van der Waals surface area contributed by atoms with Gasteiger partial charge in [0.2, 0.25) is 0 Å². The molecule has 1 heteroatoms. The molecule has 1 aromatic carbocycles. The van der Waals surface area contributed by atoms with E-state index in [0.717, 1.165) is 13.1 Å². The fourth-order valence-corrected chi connectivity index (χ4v) is 2.18. The first-order valence-corrected chi connectivity index (χ1v) is 5.60. The first-order valence-electron chi connectivity index (χ1n) is 5.60. The second-order valence-electron chi connectivity index (χ2n) is 3.96. The second-order valence-corrected chi connectivity index (χ2v) is 3.96. The Morgan fingerprint density at radius 2 is 1.81 bits per heavy atom. The third kappa shape index (κ3) is 2.00. The summed E-state index contributed by atoms with van der Waals surface area (Å²) in [7, 11) is 0. The molecule has 1 aliphatic rings. The molecular weight excluding hydrogens is 194 g/mol. The Kier molecular flexibility index (Phi) is 3.37. The van der Waals surface area contributed by atoms with Crippen LogP contribution in [0.15, 0.2) is 55.7 Å². The number of hydrogen-bond acceptors (Lipinski definition) is 1. The molecule has 0 aromatic heterocycles. The predicted molar refractivity (Wildman–Crippen MR) is 70.2 cm³/mol. The highest BCUT2D eigenvalue weighted by atomic mass is 15.1. The van der Waals surface area contributed by atoms with Crippen molar-refractivity contribution in [3.63, 3.8) is 0 Å². The van der Waals surface area contributed by atoms with Gasteiger partial charge in [-0.3, -0.25) is 4.90 Å². The molecule has 0 bridgehead atoms. The molecule has 1 aromatic rings. The van der Waals surface area contributed by atoms with E-state index in [4.69, 9.17) is 0 Å². The maximum atomic E-state index is 3.81. The lowest BCUT2D eigenvalue weighted by Gasteiger charge is -2.26. The van der Waals surface area contributed by atoms with E-state index in [9.17, 15) is 0 Å². The van der Waals surface area contributed by atoms with Gasteiger partial charge in [-0.2, -0.15) is 0 Å². The molecule has 0 aliphatic heterocycles. The van der Waals surface area contributed by atoms with Crippen molar-refractivity contribution >= 4 is 6.08 Å². The SMILES string of the molecule is C=CCN(CC=C)[C@@H]1C=Cc2ccccc21. The Labute approximate surface area is 97.4 Å². The zero-order valence-electron chi connectivity index (χ0n) is 9.47. The minimum absolute atomic E-state index is 0.368. The Balaban J connectivity index is 2.25. The van der Waals surface area contributed by atoms with Crippen LogP contribution in [0.25, 0.3) is 6.08 Å². The van der Waals surface area contributed by atoms with Crippen molar-refractivity contribution in [2.45, 2.75) is 6.04 Å². The quantitative estimate of drug-likeness (QED) is 0.674. The molecule has 0 saturated heterocycles. The van der Waals surface area contributed by atoms with E-state index in [2.05, 4.69) is 54.5 Å².